The Labute approximate surface area is 144 Å². The van der Waals surface area contributed by atoms with E-state index in [2.05, 4.69) is 10.5 Å². The van der Waals surface area contributed by atoms with Gasteiger partial charge in [-0.2, -0.15) is 4.31 Å². The quantitative estimate of drug-likeness (QED) is 0.827. The van der Waals surface area contributed by atoms with E-state index in [1.807, 2.05) is 0 Å². The molecule has 0 radical (unpaired) electrons. The van der Waals surface area contributed by atoms with Gasteiger partial charge in [-0.05, 0) is 25.8 Å². The van der Waals surface area contributed by atoms with Crippen LogP contribution >= 0.6 is 0 Å². The molecule has 2 aromatic heterocycles. The molecular formula is C15H18N4O5S. The van der Waals surface area contributed by atoms with Gasteiger partial charge in [-0.25, -0.2) is 8.42 Å². The van der Waals surface area contributed by atoms with Gasteiger partial charge in [-0.3, -0.25) is 9.59 Å². The maximum absolute atomic E-state index is 12.6. The van der Waals surface area contributed by atoms with Gasteiger partial charge < -0.3 is 14.4 Å². The van der Waals surface area contributed by atoms with Crippen LogP contribution in [0.15, 0.2) is 38.6 Å². The van der Waals surface area contributed by atoms with Gasteiger partial charge in [-0.1, -0.05) is 5.16 Å². The van der Waals surface area contributed by atoms with Crippen LogP contribution in [-0.4, -0.2) is 41.4 Å². The van der Waals surface area contributed by atoms with Crippen molar-refractivity contribution in [3.05, 3.63) is 40.5 Å². The van der Waals surface area contributed by atoms with Gasteiger partial charge in [0.25, 0.3) is 5.56 Å². The number of carbonyl (C=O) groups is 1. The number of hydrogen-bond acceptors (Lipinski definition) is 6. The summed E-state index contributed by atoms with van der Waals surface area (Å²) in [5, 5.41) is 6.12. The zero-order chi connectivity index (χ0) is 18.0. The molecule has 0 aromatic carbocycles. The average molecular weight is 366 g/mol. The molecule has 2 aromatic rings. The first-order valence-electron chi connectivity index (χ1n) is 7.80. The topological polar surface area (TPSA) is 115 Å². The van der Waals surface area contributed by atoms with Crippen molar-refractivity contribution in [2.45, 2.75) is 31.2 Å². The Morgan fingerprint density at radius 3 is 2.68 bits per heavy atom. The van der Waals surface area contributed by atoms with Crippen LogP contribution in [0.25, 0.3) is 0 Å². The molecule has 0 saturated carbocycles. The van der Waals surface area contributed by atoms with Gasteiger partial charge in [0.15, 0.2) is 5.82 Å². The van der Waals surface area contributed by atoms with Crippen LogP contribution in [0.2, 0.25) is 0 Å². The van der Waals surface area contributed by atoms with E-state index in [0.29, 0.717) is 18.8 Å². The lowest BCUT2D eigenvalue weighted by molar-refractivity contribution is -0.116. The van der Waals surface area contributed by atoms with Gasteiger partial charge >= 0.3 is 0 Å². The molecule has 25 heavy (non-hydrogen) atoms. The summed E-state index contributed by atoms with van der Waals surface area (Å²) in [6.45, 7) is 2.29. The number of rotatable bonds is 5. The van der Waals surface area contributed by atoms with E-state index >= 15 is 0 Å². The minimum atomic E-state index is -3.65. The van der Waals surface area contributed by atoms with Crippen molar-refractivity contribution in [2.24, 2.45) is 0 Å². The molecule has 1 aliphatic heterocycles. The van der Waals surface area contributed by atoms with Crippen molar-refractivity contribution in [1.82, 2.24) is 14.0 Å². The molecule has 1 amide bonds. The number of nitrogens with one attached hydrogen (secondary N) is 1. The van der Waals surface area contributed by atoms with Crippen LogP contribution < -0.4 is 10.9 Å². The van der Waals surface area contributed by atoms with Gasteiger partial charge in [0.05, 0.1) is 4.90 Å². The molecule has 10 heteroatoms. The summed E-state index contributed by atoms with van der Waals surface area (Å²) in [4.78, 5) is 24.0. The number of carbonyl (C=O) groups excluding carboxylic acids is 1. The van der Waals surface area contributed by atoms with E-state index < -0.39 is 21.5 Å². The number of hydrogen-bond donors (Lipinski definition) is 1. The first-order chi connectivity index (χ1) is 11.9. The van der Waals surface area contributed by atoms with Crippen LogP contribution in [0.1, 0.15) is 18.6 Å². The number of anilines is 1. The first kappa shape index (κ1) is 17.4. The fourth-order valence-electron chi connectivity index (χ4n) is 2.63. The lowest BCUT2D eigenvalue weighted by Crippen LogP contribution is -2.31. The molecule has 9 nitrogen and oxygen atoms in total. The highest BCUT2D eigenvalue weighted by Gasteiger charge is 2.27. The fourth-order valence-corrected chi connectivity index (χ4v) is 4.16. The van der Waals surface area contributed by atoms with E-state index in [9.17, 15) is 18.0 Å². The van der Waals surface area contributed by atoms with Crippen LogP contribution in [0.5, 0.6) is 0 Å². The SMILES string of the molecule is Cc1cc(NC(=O)Cn2cc(S(=O)(=O)N3CCCC3)ccc2=O)no1. The molecule has 3 rings (SSSR count). The smallest absolute Gasteiger partial charge is 0.251 e. The van der Waals surface area contributed by atoms with Crippen LogP contribution in [0.4, 0.5) is 5.82 Å². The van der Waals surface area contributed by atoms with Gasteiger partial charge in [0.1, 0.15) is 12.3 Å². The number of sulfonamides is 1. The number of pyridine rings is 1. The van der Waals surface area contributed by atoms with E-state index in [1.165, 1.54) is 22.6 Å². The maximum Gasteiger partial charge on any atom is 0.251 e. The molecule has 0 atom stereocenters. The van der Waals surface area contributed by atoms with E-state index in [0.717, 1.165) is 23.5 Å². The third kappa shape index (κ3) is 3.80. The van der Waals surface area contributed by atoms with Crippen molar-refractivity contribution in [1.29, 1.82) is 0 Å². The molecule has 3 heterocycles. The molecule has 0 spiro atoms. The van der Waals surface area contributed by atoms with E-state index in [1.54, 1.807) is 6.92 Å². The second kappa shape index (κ2) is 6.81. The van der Waals surface area contributed by atoms with E-state index in [4.69, 9.17) is 4.52 Å². The van der Waals surface area contributed by atoms with Crippen molar-refractivity contribution < 1.29 is 17.7 Å². The normalized spacial score (nSPS) is 15.4. The van der Waals surface area contributed by atoms with Gasteiger partial charge in [-0.15, -0.1) is 0 Å². The molecule has 1 fully saturated rings. The highest BCUT2D eigenvalue weighted by molar-refractivity contribution is 7.89. The zero-order valence-electron chi connectivity index (χ0n) is 13.6. The highest BCUT2D eigenvalue weighted by Crippen LogP contribution is 2.19. The second-order valence-electron chi connectivity index (χ2n) is 5.81. The molecule has 0 aliphatic carbocycles. The Morgan fingerprint density at radius 1 is 1.32 bits per heavy atom. The standard InChI is InChI=1S/C15H18N4O5S/c1-11-8-13(17-24-11)16-14(20)10-18-9-12(4-5-15(18)21)25(22,23)19-6-2-3-7-19/h4-5,8-9H,2-3,6-7,10H2,1H3,(H,16,17,20). The fraction of sp³-hybridized carbons (Fsp3) is 0.400. The number of amides is 1. The van der Waals surface area contributed by atoms with Gasteiger partial charge in [0, 0.05) is 31.4 Å². The summed E-state index contributed by atoms with van der Waals surface area (Å²) >= 11 is 0. The summed E-state index contributed by atoms with van der Waals surface area (Å²) < 4.78 is 32.4. The molecule has 0 unspecified atom stereocenters. The molecule has 0 bridgehead atoms. The highest BCUT2D eigenvalue weighted by atomic mass is 32.2. The number of nitrogens with zero attached hydrogens (tertiary/aromatic N) is 3. The van der Waals surface area contributed by atoms with Crippen molar-refractivity contribution in [3.63, 3.8) is 0 Å². The maximum atomic E-state index is 12.6. The third-order valence-electron chi connectivity index (χ3n) is 3.87. The number of aryl methyl sites for hydroxylation is 1. The van der Waals surface area contributed by atoms with Crippen molar-refractivity contribution in [2.75, 3.05) is 18.4 Å². The predicted molar refractivity (Wildman–Crippen MR) is 88.6 cm³/mol. The summed E-state index contributed by atoms with van der Waals surface area (Å²) in [7, 11) is -3.65. The van der Waals surface area contributed by atoms with Crippen molar-refractivity contribution in [3.8, 4) is 0 Å². The van der Waals surface area contributed by atoms with E-state index in [-0.39, 0.29) is 17.3 Å². The minimum Gasteiger partial charge on any atom is -0.360 e. The van der Waals surface area contributed by atoms with Crippen LogP contribution in [0, 0.1) is 6.92 Å². The summed E-state index contributed by atoms with van der Waals surface area (Å²) in [5.41, 5.74) is -0.466. The number of aromatic nitrogens is 2. The lowest BCUT2D eigenvalue weighted by atomic mass is 10.4. The summed E-state index contributed by atoms with van der Waals surface area (Å²) in [5.74, 6) is 0.258. The summed E-state index contributed by atoms with van der Waals surface area (Å²) in [6, 6.07) is 3.96. The Balaban J connectivity index is 1.79. The van der Waals surface area contributed by atoms with Crippen LogP contribution in [-0.2, 0) is 21.4 Å². The molecule has 134 valence electrons. The first-order valence-corrected chi connectivity index (χ1v) is 9.24. The van der Waals surface area contributed by atoms with Crippen molar-refractivity contribution >= 4 is 21.7 Å². The molecular weight excluding hydrogens is 348 g/mol. The largest absolute Gasteiger partial charge is 0.360 e. The van der Waals surface area contributed by atoms with Crippen LogP contribution in [0.3, 0.4) is 0 Å². The Hall–Kier alpha value is -2.46. The average Bonchev–Trinajstić information content (AvgIpc) is 3.21. The van der Waals surface area contributed by atoms with Gasteiger partial charge in [0.2, 0.25) is 15.9 Å². The molecule has 1 aliphatic rings. The minimum absolute atomic E-state index is 0.000851. The zero-order valence-corrected chi connectivity index (χ0v) is 14.5. The molecule has 1 N–H and O–H groups in total. The second-order valence-corrected chi connectivity index (χ2v) is 7.75. The predicted octanol–water partition coefficient (Wildman–Crippen LogP) is 0.568. The Morgan fingerprint density at radius 2 is 2.04 bits per heavy atom. The Bertz CT molecular complexity index is 941. The monoisotopic (exact) mass is 366 g/mol. The third-order valence-corrected chi connectivity index (χ3v) is 5.75. The Kier molecular flexibility index (Phi) is 4.73. The summed E-state index contributed by atoms with van der Waals surface area (Å²) in [6.07, 6.45) is 2.83. The molecule has 1 saturated heterocycles. The lowest BCUT2D eigenvalue weighted by Gasteiger charge is -2.16.